The Morgan fingerprint density at radius 2 is 2.15 bits per heavy atom. The summed E-state index contributed by atoms with van der Waals surface area (Å²) in [4.78, 5) is 21.4. The van der Waals surface area contributed by atoms with E-state index in [1.165, 1.54) is 0 Å². The molecule has 3 heterocycles. The lowest BCUT2D eigenvalue weighted by molar-refractivity contribution is 0.0261. The van der Waals surface area contributed by atoms with Crippen molar-refractivity contribution in [3.05, 3.63) is 64.6 Å². The molecule has 2 aliphatic heterocycles. The minimum Gasteiger partial charge on any atom is -0.472 e. The number of aromatic nitrogens is 1. The van der Waals surface area contributed by atoms with Gasteiger partial charge in [0.1, 0.15) is 5.75 Å². The summed E-state index contributed by atoms with van der Waals surface area (Å²) in [7, 11) is 3.87. The number of hydrogen-bond acceptors (Lipinski definition) is 6. The standard InChI is InChI=1S/C26H32N4O3/c1-17-10-25-22(26(31)30(16-33-25)14-21-6-5-9-32-21)12-20(17)11-19-7-8-24(28-13-19)23(18(2)27)15-29(3)4/h7-8,10,12-13,15,21,27H,5-6,9,11,14,16H2,1-4H3/b23-15+,27-18?. The third-order valence-corrected chi connectivity index (χ3v) is 6.07. The summed E-state index contributed by atoms with van der Waals surface area (Å²) < 4.78 is 11.6. The van der Waals surface area contributed by atoms with E-state index >= 15 is 0 Å². The zero-order chi connectivity index (χ0) is 23.5. The van der Waals surface area contributed by atoms with Crippen molar-refractivity contribution in [3.63, 3.8) is 0 Å². The van der Waals surface area contributed by atoms with Crippen molar-refractivity contribution in [2.45, 2.75) is 39.2 Å². The Morgan fingerprint density at radius 1 is 1.33 bits per heavy atom. The van der Waals surface area contributed by atoms with Gasteiger partial charge >= 0.3 is 0 Å². The normalized spacial score (nSPS) is 18.2. The fraction of sp³-hybridized carbons (Fsp3) is 0.423. The van der Waals surface area contributed by atoms with Gasteiger partial charge in [-0.3, -0.25) is 9.78 Å². The second kappa shape index (κ2) is 9.75. The van der Waals surface area contributed by atoms with E-state index in [0.29, 0.717) is 30.0 Å². The Morgan fingerprint density at radius 3 is 2.79 bits per heavy atom. The summed E-state index contributed by atoms with van der Waals surface area (Å²) in [5.74, 6) is 0.652. The van der Waals surface area contributed by atoms with Gasteiger partial charge < -0.3 is 24.7 Å². The van der Waals surface area contributed by atoms with Gasteiger partial charge in [0.15, 0.2) is 6.73 Å². The van der Waals surface area contributed by atoms with Crippen LogP contribution < -0.4 is 4.74 Å². The van der Waals surface area contributed by atoms with Gasteiger partial charge in [-0.05, 0) is 68.0 Å². The number of hydrogen-bond donors (Lipinski definition) is 1. The molecule has 1 unspecified atom stereocenters. The van der Waals surface area contributed by atoms with E-state index in [0.717, 1.165) is 47.4 Å². The van der Waals surface area contributed by atoms with Crippen LogP contribution in [-0.2, 0) is 11.2 Å². The fourth-order valence-corrected chi connectivity index (χ4v) is 4.27. The van der Waals surface area contributed by atoms with E-state index in [-0.39, 0.29) is 18.7 Å². The fourth-order valence-electron chi connectivity index (χ4n) is 4.27. The van der Waals surface area contributed by atoms with E-state index in [9.17, 15) is 4.79 Å². The number of pyridine rings is 1. The summed E-state index contributed by atoms with van der Waals surface area (Å²) in [5.41, 5.74) is 5.86. The zero-order valence-corrected chi connectivity index (χ0v) is 19.9. The molecule has 1 amide bonds. The minimum atomic E-state index is 0.00129. The molecule has 1 atom stereocenters. The van der Waals surface area contributed by atoms with Crippen molar-refractivity contribution in [2.75, 3.05) is 34.0 Å². The van der Waals surface area contributed by atoms with Crippen LogP contribution in [0, 0.1) is 12.3 Å². The van der Waals surface area contributed by atoms with Crippen LogP contribution in [-0.4, -0.2) is 66.5 Å². The smallest absolute Gasteiger partial charge is 0.260 e. The van der Waals surface area contributed by atoms with Gasteiger partial charge in [-0.2, -0.15) is 0 Å². The maximum Gasteiger partial charge on any atom is 0.260 e. The quantitative estimate of drug-likeness (QED) is 0.650. The van der Waals surface area contributed by atoms with Crippen LogP contribution in [0.15, 0.2) is 36.7 Å². The highest BCUT2D eigenvalue weighted by Crippen LogP contribution is 2.30. The zero-order valence-electron chi connectivity index (χ0n) is 19.9. The van der Waals surface area contributed by atoms with Gasteiger partial charge in [-0.15, -0.1) is 0 Å². The lowest BCUT2D eigenvalue weighted by Gasteiger charge is -2.31. The number of carbonyl (C=O) groups excluding carboxylic acids is 1. The molecule has 0 radical (unpaired) electrons. The molecular formula is C26H32N4O3. The van der Waals surface area contributed by atoms with Crippen molar-refractivity contribution in [1.29, 1.82) is 5.41 Å². The van der Waals surface area contributed by atoms with Crippen molar-refractivity contribution in [3.8, 4) is 5.75 Å². The Bertz CT molecular complexity index is 1070. The highest BCUT2D eigenvalue weighted by Gasteiger charge is 2.30. The van der Waals surface area contributed by atoms with Crippen LogP contribution in [0.2, 0.25) is 0 Å². The summed E-state index contributed by atoms with van der Waals surface area (Å²) in [6.07, 6.45) is 6.56. The van der Waals surface area contributed by atoms with E-state index in [4.69, 9.17) is 14.9 Å². The molecule has 7 nitrogen and oxygen atoms in total. The van der Waals surface area contributed by atoms with Gasteiger partial charge in [0.25, 0.3) is 5.91 Å². The van der Waals surface area contributed by atoms with Gasteiger partial charge in [0, 0.05) is 44.4 Å². The Kier molecular flexibility index (Phi) is 6.79. The largest absolute Gasteiger partial charge is 0.472 e. The molecule has 1 N–H and O–H groups in total. The first kappa shape index (κ1) is 23.0. The van der Waals surface area contributed by atoms with Crippen LogP contribution in [0.4, 0.5) is 0 Å². The van der Waals surface area contributed by atoms with Crippen molar-refractivity contribution >= 4 is 17.2 Å². The Balaban J connectivity index is 1.53. The van der Waals surface area contributed by atoms with Crippen LogP contribution >= 0.6 is 0 Å². The highest BCUT2D eigenvalue weighted by atomic mass is 16.5. The molecule has 33 heavy (non-hydrogen) atoms. The molecule has 0 aliphatic carbocycles. The summed E-state index contributed by atoms with van der Waals surface area (Å²) >= 11 is 0. The van der Waals surface area contributed by atoms with Crippen LogP contribution in [0.1, 0.15) is 52.5 Å². The average Bonchev–Trinajstić information content (AvgIpc) is 3.29. The predicted octanol–water partition coefficient (Wildman–Crippen LogP) is 3.89. The highest BCUT2D eigenvalue weighted by molar-refractivity contribution is 6.20. The number of nitrogens with zero attached hydrogens (tertiary/aromatic N) is 3. The molecule has 174 valence electrons. The van der Waals surface area contributed by atoms with Crippen molar-refractivity contribution in [1.82, 2.24) is 14.8 Å². The number of carbonyl (C=O) groups is 1. The van der Waals surface area contributed by atoms with Gasteiger partial charge in [-0.25, -0.2) is 0 Å². The SMILES string of the molecule is CC(=N)/C(=C\N(C)C)c1ccc(Cc2cc3c(cc2C)OCN(CC2CCCO2)C3=O)cn1. The molecule has 4 rings (SSSR count). The van der Waals surface area contributed by atoms with Gasteiger partial charge in [0.05, 0.1) is 23.9 Å². The van der Waals surface area contributed by atoms with E-state index in [1.807, 2.05) is 62.6 Å². The third-order valence-electron chi connectivity index (χ3n) is 6.07. The molecule has 1 aromatic heterocycles. The van der Waals surface area contributed by atoms with E-state index < -0.39 is 0 Å². The number of amides is 1. The molecule has 0 spiro atoms. The number of nitrogens with one attached hydrogen (secondary N) is 1. The van der Waals surface area contributed by atoms with E-state index in [2.05, 4.69) is 4.98 Å². The topological polar surface area (TPSA) is 78.8 Å². The number of fused-ring (bicyclic) bond motifs is 1. The predicted molar refractivity (Wildman–Crippen MR) is 129 cm³/mol. The minimum absolute atomic E-state index is 0.00129. The molecule has 1 fully saturated rings. The van der Waals surface area contributed by atoms with Gasteiger partial charge in [-0.1, -0.05) is 6.07 Å². The van der Waals surface area contributed by atoms with Gasteiger partial charge in [0.2, 0.25) is 0 Å². The molecule has 7 heteroatoms. The molecular weight excluding hydrogens is 416 g/mol. The van der Waals surface area contributed by atoms with Crippen molar-refractivity contribution in [2.24, 2.45) is 0 Å². The van der Waals surface area contributed by atoms with Crippen LogP contribution in [0.5, 0.6) is 5.75 Å². The second-order valence-corrected chi connectivity index (χ2v) is 9.07. The Hall–Kier alpha value is -3.19. The summed E-state index contributed by atoms with van der Waals surface area (Å²) in [6, 6.07) is 7.91. The number of allylic oxidation sites excluding steroid dienone is 1. The molecule has 0 bridgehead atoms. The van der Waals surface area contributed by atoms with Crippen molar-refractivity contribution < 1.29 is 14.3 Å². The third kappa shape index (κ3) is 5.25. The van der Waals surface area contributed by atoms with E-state index in [1.54, 1.807) is 11.8 Å². The maximum atomic E-state index is 13.1. The number of benzene rings is 1. The molecule has 1 aromatic carbocycles. The monoisotopic (exact) mass is 448 g/mol. The molecule has 2 aromatic rings. The Labute approximate surface area is 195 Å². The lowest BCUT2D eigenvalue weighted by Crippen LogP contribution is -2.43. The number of ether oxygens (including phenoxy) is 2. The summed E-state index contributed by atoms with van der Waals surface area (Å²) in [6.45, 7) is 5.42. The molecule has 0 saturated carbocycles. The first-order valence-electron chi connectivity index (χ1n) is 11.4. The number of rotatable bonds is 7. The first-order chi connectivity index (χ1) is 15.8. The number of aryl methyl sites for hydroxylation is 1. The van der Waals surface area contributed by atoms with Crippen LogP contribution in [0.25, 0.3) is 5.57 Å². The average molecular weight is 449 g/mol. The molecule has 2 aliphatic rings. The lowest BCUT2D eigenvalue weighted by atomic mass is 9.96. The maximum absolute atomic E-state index is 13.1. The second-order valence-electron chi connectivity index (χ2n) is 9.07. The summed E-state index contributed by atoms with van der Waals surface area (Å²) in [5, 5.41) is 8.05. The van der Waals surface area contributed by atoms with Crippen LogP contribution in [0.3, 0.4) is 0 Å². The first-order valence-corrected chi connectivity index (χ1v) is 11.4. The molecule has 1 saturated heterocycles.